The second kappa shape index (κ2) is 10.4. The lowest BCUT2D eigenvalue weighted by atomic mass is 10.1. The number of nitrogens with one attached hydrogen (secondary N) is 2. The van der Waals surface area contributed by atoms with Crippen LogP contribution in [0.25, 0.3) is 11.3 Å². The molecule has 9 nitrogen and oxygen atoms in total. The van der Waals surface area contributed by atoms with Crippen molar-refractivity contribution in [1.82, 2.24) is 15.8 Å². The Morgan fingerprint density at radius 1 is 0.912 bits per heavy atom. The number of ether oxygens (including phenoxy) is 2. The molecule has 0 atom stereocenters. The zero-order valence-electron chi connectivity index (χ0n) is 18.7. The molecule has 9 heteroatoms. The van der Waals surface area contributed by atoms with Crippen LogP contribution in [0.15, 0.2) is 75.9 Å². The van der Waals surface area contributed by atoms with Gasteiger partial charge in [-0.25, -0.2) is 0 Å². The van der Waals surface area contributed by atoms with Crippen molar-refractivity contribution in [2.45, 2.75) is 13.1 Å². The van der Waals surface area contributed by atoms with Crippen molar-refractivity contribution < 1.29 is 28.0 Å². The van der Waals surface area contributed by atoms with Crippen molar-refractivity contribution in [1.29, 1.82) is 0 Å². The second-order valence-corrected chi connectivity index (χ2v) is 7.29. The molecule has 0 fully saturated rings. The summed E-state index contributed by atoms with van der Waals surface area (Å²) in [5.74, 6) is 1.56. The van der Waals surface area contributed by atoms with Crippen molar-refractivity contribution >= 4 is 11.8 Å². The fraction of sp³-hybridized carbons (Fsp3) is 0.160. The quantitative estimate of drug-likeness (QED) is 0.389. The van der Waals surface area contributed by atoms with Gasteiger partial charge in [0.25, 0.3) is 11.8 Å². The molecule has 34 heavy (non-hydrogen) atoms. The molecule has 0 aliphatic carbocycles. The Balaban J connectivity index is 1.39. The van der Waals surface area contributed by atoms with Crippen molar-refractivity contribution in [3.63, 3.8) is 0 Å². The van der Waals surface area contributed by atoms with Gasteiger partial charge >= 0.3 is 0 Å². The second-order valence-electron chi connectivity index (χ2n) is 7.29. The van der Waals surface area contributed by atoms with Crippen LogP contribution in [-0.2, 0) is 13.1 Å². The number of carbonyl (C=O) groups is 2. The van der Waals surface area contributed by atoms with E-state index in [9.17, 15) is 9.59 Å². The predicted octanol–water partition coefficient (Wildman–Crippen LogP) is 3.81. The predicted molar refractivity (Wildman–Crippen MR) is 123 cm³/mol. The molecule has 0 saturated heterocycles. The number of methoxy groups -OCH3 is 2. The van der Waals surface area contributed by atoms with E-state index in [-0.39, 0.29) is 18.1 Å². The van der Waals surface area contributed by atoms with Crippen LogP contribution >= 0.6 is 0 Å². The van der Waals surface area contributed by atoms with E-state index < -0.39 is 5.91 Å². The van der Waals surface area contributed by atoms with E-state index in [1.54, 1.807) is 69.0 Å². The number of benzene rings is 2. The Morgan fingerprint density at radius 3 is 2.53 bits per heavy atom. The van der Waals surface area contributed by atoms with Gasteiger partial charge in [-0.1, -0.05) is 17.3 Å². The minimum absolute atomic E-state index is 0.118. The van der Waals surface area contributed by atoms with Gasteiger partial charge in [0.1, 0.15) is 17.3 Å². The van der Waals surface area contributed by atoms with E-state index in [0.717, 1.165) is 5.56 Å². The number of hydrogen-bond donors (Lipinski definition) is 2. The lowest BCUT2D eigenvalue weighted by Crippen LogP contribution is -2.24. The smallest absolute Gasteiger partial charge is 0.273 e. The van der Waals surface area contributed by atoms with E-state index in [4.69, 9.17) is 18.4 Å². The highest BCUT2D eigenvalue weighted by Crippen LogP contribution is 2.33. The standard InChI is InChI=1S/C25H23N3O6/c1-31-18-8-9-22(32-2)20(12-18)23-13-21(28-34-23)25(30)26-14-16-5-3-6-17(11-16)24(29)27-15-19-7-4-10-33-19/h3-13H,14-15H2,1-2H3,(H,26,30)(H,27,29). The Bertz CT molecular complexity index is 1280. The molecule has 2 N–H and O–H groups in total. The zero-order valence-corrected chi connectivity index (χ0v) is 18.7. The molecule has 0 saturated carbocycles. The Labute approximate surface area is 195 Å². The molecule has 2 aromatic carbocycles. The van der Waals surface area contributed by atoms with Crippen LogP contribution in [0.5, 0.6) is 11.5 Å². The fourth-order valence-electron chi connectivity index (χ4n) is 3.29. The first kappa shape index (κ1) is 22.7. The maximum Gasteiger partial charge on any atom is 0.273 e. The highest BCUT2D eigenvalue weighted by atomic mass is 16.5. The minimum Gasteiger partial charge on any atom is -0.497 e. The van der Waals surface area contributed by atoms with E-state index in [1.165, 1.54) is 6.07 Å². The zero-order chi connectivity index (χ0) is 23.9. The van der Waals surface area contributed by atoms with E-state index in [0.29, 0.717) is 40.7 Å². The Hall–Kier alpha value is -4.53. The summed E-state index contributed by atoms with van der Waals surface area (Å²) in [6.07, 6.45) is 1.55. The first-order chi connectivity index (χ1) is 16.6. The normalized spacial score (nSPS) is 10.5. The highest BCUT2D eigenvalue weighted by Gasteiger charge is 2.17. The number of hydrogen-bond acceptors (Lipinski definition) is 7. The van der Waals surface area contributed by atoms with Crippen molar-refractivity contribution in [2.24, 2.45) is 0 Å². The van der Waals surface area contributed by atoms with Gasteiger partial charge < -0.3 is 29.0 Å². The average Bonchev–Trinajstić information content (AvgIpc) is 3.58. The van der Waals surface area contributed by atoms with Gasteiger partial charge in [-0.15, -0.1) is 0 Å². The number of rotatable bonds is 9. The average molecular weight is 461 g/mol. The molecule has 2 heterocycles. The van der Waals surface area contributed by atoms with Crippen LogP contribution in [0.4, 0.5) is 0 Å². The molecule has 2 aromatic heterocycles. The summed E-state index contributed by atoms with van der Waals surface area (Å²) in [6, 6.07) is 17.3. The first-order valence-electron chi connectivity index (χ1n) is 10.4. The van der Waals surface area contributed by atoms with Crippen LogP contribution in [-0.4, -0.2) is 31.2 Å². The monoisotopic (exact) mass is 461 g/mol. The summed E-state index contributed by atoms with van der Waals surface area (Å²) in [5.41, 5.74) is 1.97. The number of furan rings is 1. The third-order valence-corrected chi connectivity index (χ3v) is 5.06. The SMILES string of the molecule is COc1ccc(OC)c(-c2cc(C(=O)NCc3cccc(C(=O)NCc4ccco4)c3)no2)c1. The molecule has 4 aromatic rings. The van der Waals surface area contributed by atoms with Gasteiger partial charge in [-0.3, -0.25) is 9.59 Å². The van der Waals surface area contributed by atoms with E-state index in [2.05, 4.69) is 15.8 Å². The van der Waals surface area contributed by atoms with Crippen molar-refractivity contribution in [3.05, 3.63) is 89.5 Å². The third-order valence-electron chi connectivity index (χ3n) is 5.06. The lowest BCUT2D eigenvalue weighted by Gasteiger charge is -2.07. The Kier molecular flexibility index (Phi) is 6.92. The number of nitrogens with zero attached hydrogens (tertiary/aromatic N) is 1. The van der Waals surface area contributed by atoms with Crippen LogP contribution in [0, 0.1) is 0 Å². The molecular weight excluding hydrogens is 438 g/mol. The number of aromatic nitrogens is 1. The van der Waals surface area contributed by atoms with Crippen LogP contribution in [0.2, 0.25) is 0 Å². The van der Waals surface area contributed by atoms with Crippen LogP contribution < -0.4 is 20.1 Å². The van der Waals surface area contributed by atoms with Crippen LogP contribution in [0.1, 0.15) is 32.2 Å². The molecule has 4 rings (SSSR count). The van der Waals surface area contributed by atoms with Gasteiger partial charge in [-0.2, -0.15) is 0 Å². The molecule has 0 unspecified atom stereocenters. The minimum atomic E-state index is -0.412. The summed E-state index contributed by atoms with van der Waals surface area (Å²) < 4.78 is 21.2. The molecule has 0 aliphatic heterocycles. The molecule has 0 radical (unpaired) electrons. The van der Waals surface area contributed by atoms with Gasteiger partial charge in [0.2, 0.25) is 0 Å². The van der Waals surface area contributed by atoms with Gasteiger partial charge in [0, 0.05) is 18.2 Å². The van der Waals surface area contributed by atoms with Crippen molar-refractivity contribution in [3.8, 4) is 22.8 Å². The molecular formula is C25H23N3O6. The van der Waals surface area contributed by atoms with Crippen molar-refractivity contribution in [2.75, 3.05) is 14.2 Å². The molecule has 0 bridgehead atoms. The maximum absolute atomic E-state index is 12.6. The van der Waals surface area contributed by atoms with Gasteiger partial charge in [-0.05, 0) is 48.0 Å². The topological polar surface area (TPSA) is 116 Å². The maximum atomic E-state index is 12.6. The summed E-state index contributed by atoms with van der Waals surface area (Å²) in [4.78, 5) is 25.0. The first-order valence-corrected chi connectivity index (χ1v) is 10.4. The summed E-state index contributed by atoms with van der Waals surface area (Å²) in [6.45, 7) is 0.502. The summed E-state index contributed by atoms with van der Waals surface area (Å²) >= 11 is 0. The van der Waals surface area contributed by atoms with E-state index in [1.807, 2.05) is 6.07 Å². The molecule has 174 valence electrons. The molecule has 2 amide bonds. The summed E-state index contributed by atoms with van der Waals surface area (Å²) in [5, 5.41) is 9.45. The molecule has 0 spiro atoms. The Morgan fingerprint density at radius 2 is 1.76 bits per heavy atom. The summed E-state index contributed by atoms with van der Waals surface area (Å²) in [7, 11) is 3.10. The van der Waals surface area contributed by atoms with Gasteiger partial charge in [0.05, 0.1) is 32.6 Å². The third kappa shape index (κ3) is 5.26. The highest BCUT2D eigenvalue weighted by molar-refractivity contribution is 5.95. The largest absolute Gasteiger partial charge is 0.497 e. The molecule has 0 aliphatic rings. The van der Waals surface area contributed by atoms with E-state index >= 15 is 0 Å². The van der Waals surface area contributed by atoms with Gasteiger partial charge in [0.15, 0.2) is 11.5 Å². The van der Waals surface area contributed by atoms with Crippen LogP contribution in [0.3, 0.4) is 0 Å². The number of amides is 2. The number of carbonyl (C=O) groups excluding carboxylic acids is 2. The fourth-order valence-corrected chi connectivity index (χ4v) is 3.29. The lowest BCUT2D eigenvalue weighted by molar-refractivity contribution is 0.0938.